The number of thiol groups is 1. The van der Waals surface area contributed by atoms with E-state index in [-0.39, 0.29) is 21.5 Å². The van der Waals surface area contributed by atoms with Crippen LogP contribution in [0.3, 0.4) is 0 Å². The molecule has 0 aliphatic carbocycles. The summed E-state index contributed by atoms with van der Waals surface area (Å²) in [6, 6.07) is 9.87. The van der Waals surface area contributed by atoms with Gasteiger partial charge in [0.2, 0.25) is 10.9 Å². The Balaban J connectivity index is 0.00000506. The molecular weight excluding hydrogens is 597 g/mol. The Kier molecular flexibility index (Phi) is 13.2. The molecule has 1 aliphatic heterocycles. The van der Waals surface area contributed by atoms with Gasteiger partial charge in [-0.2, -0.15) is 0 Å². The summed E-state index contributed by atoms with van der Waals surface area (Å²) in [5.74, 6) is 1.92. The Hall–Kier alpha value is -1.85. The molecule has 10 heteroatoms. The van der Waals surface area contributed by atoms with E-state index >= 15 is 0 Å². The number of phenols is 1. The smallest absolute Gasteiger partial charge is 0.227 e. The van der Waals surface area contributed by atoms with Crippen molar-refractivity contribution in [3.05, 3.63) is 47.7 Å². The van der Waals surface area contributed by atoms with Crippen LogP contribution in [0.5, 0.6) is 5.75 Å². The molecule has 3 heterocycles. The molecule has 0 radical (unpaired) electrons. The number of nitrogens with one attached hydrogen (secondary N) is 2. The van der Waals surface area contributed by atoms with Crippen LogP contribution >= 0.6 is 21.6 Å². The van der Waals surface area contributed by atoms with Crippen molar-refractivity contribution in [2.24, 2.45) is 11.3 Å². The molecule has 1 aliphatic rings. The number of rotatable bonds is 12. The molecule has 4 rings (SSSR count). The van der Waals surface area contributed by atoms with E-state index in [0.717, 1.165) is 73.7 Å². The number of aromatic nitrogens is 2. The van der Waals surface area contributed by atoms with Crippen LogP contribution in [0.15, 0.2) is 46.6 Å². The minimum absolute atomic E-state index is 0. The predicted molar refractivity (Wildman–Crippen MR) is 185 cm³/mol. The Morgan fingerprint density at radius 2 is 1.86 bits per heavy atom. The molecule has 0 bridgehead atoms. The van der Waals surface area contributed by atoms with Crippen LogP contribution in [0.4, 0.5) is 0 Å². The molecule has 4 N–H and O–H groups in total. The molecule has 43 heavy (non-hydrogen) atoms. The number of piperidine rings is 1. The highest BCUT2D eigenvalue weighted by Crippen LogP contribution is 2.37. The van der Waals surface area contributed by atoms with Gasteiger partial charge in [-0.15, -0.1) is 0 Å². The summed E-state index contributed by atoms with van der Waals surface area (Å²) in [5.41, 5.74) is 3.68. The molecule has 1 saturated heterocycles. The molecule has 1 aromatic carbocycles. The summed E-state index contributed by atoms with van der Waals surface area (Å²) >= 11 is 1.28. The molecular formula is C33H50N4O3S3. The monoisotopic (exact) mass is 646 g/mol. The second-order valence-electron chi connectivity index (χ2n) is 13.6. The van der Waals surface area contributed by atoms with Crippen LogP contribution < -0.4 is 5.32 Å². The molecule has 3 aromatic rings. The highest BCUT2D eigenvalue weighted by atomic mass is 33.1. The number of fused-ring (bicyclic) bond motifs is 1. The first-order chi connectivity index (χ1) is 19.9. The molecule has 1 amide bonds. The van der Waals surface area contributed by atoms with E-state index in [1.165, 1.54) is 27.7 Å². The Morgan fingerprint density at radius 3 is 2.51 bits per heavy atom. The van der Waals surface area contributed by atoms with E-state index in [4.69, 9.17) is 0 Å². The number of phenolic OH excluding ortho intramolecular Hbond substituents is 1. The number of aromatic hydroxyl groups is 1. The van der Waals surface area contributed by atoms with Crippen molar-refractivity contribution in [2.75, 3.05) is 25.4 Å². The predicted octanol–water partition coefficient (Wildman–Crippen LogP) is 7.20. The van der Waals surface area contributed by atoms with E-state index in [1.54, 1.807) is 27.8 Å². The molecule has 0 atom stereocenters. The van der Waals surface area contributed by atoms with Gasteiger partial charge in [-0.3, -0.25) is 9.69 Å². The first-order valence-electron chi connectivity index (χ1n) is 15.2. The summed E-state index contributed by atoms with van der Waals surface area (Å²) in [6.07, 6.45) is 6.59. The lowest BCUT2D eigenvalue weighted by Gasteiger charge is -2.32. The van der Waals surface area contributed by atoms with E-state index in [1.807, 2.05) is 24.3 Å². The molecule has 0 spiro atoms. The summed E-state index contributed by atoms with van der Waals surface area (Å²) < 4.78 is 0.148. The maximum atomic E-state index is 12.3. The Bertz CT molecular complexity index is 1310. The van der Waals surface area contributed by atoms with Gasteiger partial charge in [0.05, 0.1) is 5.52 Å². The molecule has 0 unspecified atom stereocenters. The number of pyridine rings is 1. The third kappa shape index (κ3) is 11.2. The second kappa shape index (κ2) is 15.9. The fourth-order valence-electron chi connectivity index (χ4n) is 5.45. The van der Waals surface area contributed by atoms with Gasteiger partial charge in [-0.05, 0) is 106 Å². The van der Waals surface area contributed by atoms with Crippen LogP contribution in [0.25, 0.3) is 10.9 Å². The molecule has 1 fully saturated rings. The maximum absolute atomic E-state index is 12.3. The van der Waals surface area contributed by atoms with Crippen molar-refractivity contribution >= 4 is 50.2 Å². The number of carbonyl (C=O) groups excluding carboxylic acids is 1. The number of amides is 1. The minimum Gasteiger partial charge on any atom is -0.870 e. The number of aromatic amines is 1. The van der Waals surface area contributed by atoms with Gasteiger partial charge in [0.15, 0.2) is 0 Å². The lowest BCUT2D eigenvalue weighted by Crippen LogP contribution is -2.35. The maximum Gasteiger partial charge on any atom is 0.227 e. The van der Waals surface area contributed by atoms with Gasteiger partial charge in [0.25, 0.3) is 0 Å². The van der Waals surface area contributed by atoms with Crippen molar-refractivity contribution < 1.29 is 15.4 Å². The number of benzene rings is 1. The van der Waals surface area contributed by atoms with Crippen LogP contribution in [0, 0.1) is 11.3 Å². The summed E-state index contributed by atoms with van der Waals surface area (Å²) in [5, 5.41) is 17.6. The van der Waals surface area contributed by atoms with E-state index < -0.39 is 0 Å². The lowest BCUT2D eigenvalue weighted by molar-refractivity contribution is -0.120. The normalized spacial score (nSPS) is 15.0. The fourth-order valence-corrected chi connectivity index (χ4v) is 8.49. The van der Waals surface area contributed by atoms with E-state index in [9.17, 15) is 9.90 Å². The van der Waals surface area contributed by atoms with E-state index in [0.29, 0.717) is 18.1 Å². The largest absolute Gasteiger partial charge is 0.870 e. The van der Waals surface area contributed by atoms with Gasteiger partial charge >= 0.3 is 0 Å². The highest BCUT2D eigenvalue weighted by Gasteiger charge is 2.30. The quantitative estimate of drug-likeness (QED) is 0.0826. The fraction of sp³-hybridized carbons (Fsp3) is 0.576. The third-order valence-corrected chi connectivity index (χ3v) is 11.0. The molecule has 2 aromatic heterocycles. The van der Waals surface area contributed by atoms with Gasteiger partial charge in [-0.25, -0.2) is 4.98 Å². The van der Waals surface area contributed by atoms with Gasteiger partial charge in [0, 0.05) is 59.7 Å². The average Bonchev–Trinajstić information content (AvgIpc) is 3.23. The minimum atomic E-state index is 0. The van der Waals surface area contributed by atoms with Gasteiger partial charge in [0.1, 0.15) is 15.5 Å². The van der Waals surface area contributed by atoms with Crippen LogP contribution in [-0.4, -0.2) is 61.5 Å². The average molecular weight is 647 g/mol. The molecule has 238 valence electrons. The topological polar surface area (TPSA) is 111 Å². The van der Waals surface area contributed by atoms with Crippen LogP contribution in [0.2, 0.25) is 0 Å². The highest BCUT2D eigenvalue weighted by molar-refractivity contribution is 8.76. The SMILES string of the molecule is CC(C)(C)Cc1c([SH+]C(C)(C)C)[nH]c2c(CN3CCC(CCNC(=O)CCSSc4ccccn4)CC3)c(O)ccc12.[OH-]. The zero-order chi connectivity index (χ0) is 30.3. The Labute approximate surface area is 269 Å². The lowest BCUT2D eigenvalue weighted by atomic mass is 9.88. The van der Waals surface area contributed by atoms with Crippen LogP contribution in [0.1, 0.15) is 78.4 Å². The molecule has 7 nitrogen and oxygen atoms in total. The zero-order valence-electron chi connectivity index (χ0n) is 26.6. The van der Waals surface area contributed by atoms with Crippen molar-refractivity contribution in [1.29, 1.82) is 0 Å². The number of H-pyrrole nitrogens is 1. The standard InChI is InChI=1S/C33H48N4O2S3.H2O/c1-32(2,3)21-25-24-10-11-27(38)26(30(24)36-31(25)41-33(4,5)6)22-37-18-13-23(14-19-37)12-17-34-28(39)15-20-40-42-29-9-7-8-16-35-29;/h7-11,16,23,36,38H,12-15,17-22H2,1-6H3,(H,34,39);1H2. The summed E-state index contributed by atoms with van der Waals surface area (Å²) in [6.45, 7) is 17.2. The number of hydrogen-bond donors (Lipinski definition) is 3. The van der Waals surface area contributed by atoms with Crippen LogP contribution in [-0.2, 0) is 29.5 Å². The van der Waals surface area contributed by atoms with Gasteiger partial charge < -0.3 is 20.9 Å². The first kappa shape index (κ1) is 35.6. The van der Waals surface area contributed by atoms with Crippen molar-refractivity contribution in [1.82, 2.24) is 20.2 Å². The zero-order valence-corrected chi connectivity index (χ0v) is 29.1. The van der Waals surface area contributed by atoms with Crippen molar-refractivity contribution in [3.8, 4) is 5.75 Å². The van der Waals surface area contributed by atoms with Crippen molar-refractivity contribution in [2.45, 2.75) is 95.0 Å². The number of carbonyl (C=O) groups is 1. The number of likely N-dealkylation sites (tertiary alicyclic amines) is 1. The third-order valence-electron chi connectivity index (χ3n) is 7.46. The summed E-state index contributed by atoms with van der Waals surface area (Å²) in [4.78, 5) is 22.8. The van der Waals surface area contributed by atoms with Gasteiger partial charge in [-0.1, -0.05) is 37.6 Å². The Morgan fingerprint density at radius 1 is 1.12 bits per heavy atom. The summed E-state index contributed by atoms with van der Waals surface area (Å²) in [7, 11) is 3.29. The van der Waals surface area contributed by atoms with E-state index in [2.05, 4.69) is 67.8 Å². The number of hydrogen-bond acceptors (Lipinski definition) is 7. The first-order valence-corrected chi connectivity index (χ1v) is 18.4. The number of nitrogens with zero attached hydrogens (tertiary/aromatic N) is 2. The second-order valence-corrected chi connectivity index (χ2v) is 18.1. The molecule has 0 saturated carbocycles. The van der Waals surface area contributed by atoms with Crippen molar-refractivity contribution in [3.63, 3.8) is 0 Å².